The van der Waals surface area contributed by atoms with Crippen molar-refractivity contribution >= 4 is 0 Å². The Hall–Kier alpha value is -1.82. The molecule has 2 rings (SSSR count). The van der Waals surface area contributed by atoms with Crippen LogP contribution in [0.4, 0.5) is 0 Å². The van der Waals surface area contributed by atoms with Gasteiger partial charge in [0.05, 0.1) is 0 Å². The van der Waals surface area contributed by atoms with Crippen LogP contribution in [-0.2, 0) is 6.42 Å². The Morgan fingerprint density at radius 3 is 2.65 bits per heavy atom. The lowest BCUT2D eigenvalue weighted by Crippen LogP contribution is -1.99. The van der Waals surface area contributed by atoms with E-state index in [0.29, 0.717) is 24.1 Å². The first kappa shape index (κ1) is 11.7. The summed E-state index contributed by atoms with van der Waals surface area (Å²) in [4.78, 5) is 12.5. The minimum Gasteiger partial charge on any atom is -0.339 e. The molecule has 0 amide bonds. The number of hydrogen-bond donors (Lipinski definition) is 1. The summed E-state index contributed by atoms with van der Waals surface area (Å²) >= 11 is 0. The molecule has 90 valence electrons. The highest BCUT2D eigenvalue weighted by Crippen LogP contribution is 2.11. The van der Waals surface area contributed by atoms with Crippen LogP contribution in [0.15, 0.2) is 16.9 Å². The maximum Gasteiger partial charge on any atom is 0.240 e. The van der Waals surface area contributed by atoms with Crippen molar-refractivity contribution < 1.29 is 4.52 Å². The quantitative estimate of drug-likeness (QED) is 0.778. The smallest absolute Gasteiger partial charge is 0.240 e. The molecule has 0 bridgehead atoms. The zero-order valence-corrected chi connectivity index (χ0v) is 9.76. The summed E-state index contributed by atoms with van der Waals surface area (Å²) in [5.41, 5.74) is 6.42. The summed E-state index contributed by atoms with van der Waals surface area (Å²) in [6.07, 6.45) is 6.11. The maximum atomic E-state index is 5.42. The zero-order valence-electron chi connectivity index (χ0n) is 9.76. The van der Waals surface area contributed by atoms with Gasteiger partial charge in [0.15, 0.2) is 0 Å². The molecule has 6 nitrogen and oxygen atoms in total. The molecule has 2 heterocycles. The monoisotopic (exact) mass is 233 g/mol. The third kappa shape index (κ3) is 3.07. The molecule has 0 aliphatic heterocycles. The van der Waals surface area contributed by atoms with Crippen LogP contribution in [0, 0.1) is 6.92 Å². The van der Waals surface area contributed by atoms with E-state index >= 15 is 0 Å². The maximum absolute atomic E-state index is 5.42. The van der Waals surface area contributed by atoms with Crippen LogP contribution in [0.5, 0.6) is 0 Å². The third-order valence-corrected chi connectivity index (χ3v) is 2.29. The lowest BCUT2D eigenvalue weighted by Gasteiger charge is -1.93. The Labute approximate surface area is 99.3 Å². The van der Waals surface area contributed by atoms with Gasteiger partial charge in [-0.05, 0) is 31.9 Å². The fourth-order valence-electron chi connectivity index (χ4n) is 1.38. The number of hydrogen-bond acceptors (Lipinski definition) is 6. The average molecular weight is 233 g/mol. The first-order valence-electron chi connectivity index (χ1n) is 5.61. The second-order valence-electron chi connectivity index (χ2n) is 3.84. The van der Waals surface area contributed by atoms with Gasteiger partial charge in [-0.1, -0.05) is 5.16 Å². The van der Waals surface area contributed by atoms with Gasteiger partial charge >= 0.3 is 0 Å². The Bertz CT molecular complexity index is 465. The van der Waals surface area contributed by atoms with Gasteiger partial charge < -0.3 is 10.3 Å². The molecule has 0 spiro atoms. The fraction of sp³-hybridized carbons (Fsp3) is 0.455. The third-order valence-electron chi connectivity index (χ3n) is 2.29. The van der Waals surface area contributed by atoms with Crippen LogP contribution in [-0.4, -0.2) is 26.7 Å². The average Bonchev–Trinajstić information content (AvgIpc) is 2.79. The number of unbranched alkanes of at least 4 members (excludes halogenated alkanes) is 1. The topological polar surface area (TPSA) is 90.7 Å². The molecule has 0 aromatic carbocycles. The van der Waals surface area contributed by atoms with Crippen molar-refractivity contribution in [1.82, 2.24) is 20.1 Å². The van der Waals surface area contributed by atoms with Gasteiger partial charge in [-0.2, -0.15) is 4.98 Å². The molecule has 17 heavy (non-hydrogen) atoms. The first-order chi connectivity index (χ1) is 8.29. The highest BCUT2D eigenvalue weighted by Gasteiger charge is 2.10. The summed E-state index contributed by atoms with van der Waals surface area (Å²) in [6.45, 7) is 2.61. The Morgan fingerprint density at radius 1 is 1.18 bits per heavy atom. The van der Waals surface area contributed by atoms with E-state index in [9.17, 15) is 0 Å². The highest BCUT2D eigenvalue weighted by molar-refractivity contribution is 5.40. The predicted octanol–water partition coefficient (Wildman–Crippen LogP) is 1.12. The zero-order chi connectivity index (χ0) is 12.1. The van der Waals surface area contributed by atoms with E-state index < -0.39 is 0 Å². The Kier molecular flexibility index (Phi) is 3.77. The molecule has 6 heteroatoms. The molecule has 2 aromatic heterocycles. The van der Waals surface area contributed by atoms with Gasteiger partial charge in [0.2, 0.25) is 17.5 Å². The van der Waals surface area contributed by atoms with Crippen LogP contribution in [0.25, 0.3) is 11.6 Å². The van der Waals surface area contributed by atoms with Gasteiger partial charge in [0.25, 0.3) is 0 Å². The predicted molar refractivity (Wildman–Crippen MR) is 62.1 cm³/mol. The number of nitrogens with two attached hydrogens (primary N) is 1. The Morgan fingerprint density at radius 2 is 1.94 bits per heavy atom. The van der Waals surface area contributed by atoms with Gasteiger partial charge in [0, 0.05) is 18.8 Å². The minimum atomic E-state index is 0.438. The minimum absolute atomic E-state index is 0.438. The normalized spacial score (nSPS) is 10.7. The van der Waals surface area contributed by atoms with Crippen LogP contribution in [0.1, 0.15) is 24.3 Å². The van der Waals surface area contributed by atoms with Crippen LogP contribution < -0.4 is 5.73 Å². The molecule has 0 saturated heterocycles. The standard InChI is InChI=1S/C11H15N5O/c1-8-6-13-10(14-7-8)11-15-9(17-16-11)4-2-3-5-12/h6-7H,2-5,12H2,1H3. The van der Waals surface area contributed by atoms with Crippen LogP contribution >= 0.6 is 0 Å². The second-order valence-corrected chi connectivity index (χ2v) is 3.84. The van der Waals surface area contributed by atoms with E-state index in [1.165, 1.54) is 0 Å². The first-order valence-corrected chi connectivity index (χ1v) is 5.61. The van der Waals surface area contributed by atoms with Crippen molar-refractivity contribution in [3.63, 3.8) is 0 Å². The number of aromatic nitrogens is 4. The molecule has 0 aliphatic carbocycles. The van der Waals surface area contributed by atoms with Gasteiger partial charge in [-0.15, -0.1) is 0 Å². The van der Waals surface area contributed by atoms with E-state index in [2.05, 4.69) is 20.1 Å². The SMILES string of the molecule is Cc1cnc(-c2noc(CCCCN)n2)nc1. The van der Waals surface area contributed by atoms with Crippen molar-refractivity contribution in [2.75, 3.05) is 6.54 Å². The molecule has 0 fully saturated rings. The van der Waals surface area contributed by atoms with Gasteiger partial charge in [-0.3, -0.25) is 0 Å². The summed E-state index contributed by atoms with van der Waals surface area (Å²) in [7, 11) is 0. The molecule has 2 aromatic rings. The summed E-state index contributed by atoms with van der Waals surface area (Å²) in [5, 5.41) is 3.85. The van der Waals surface area contributed by atoms with Crippen molar-refractivity contribution in [3.05, 3.63) is 23.8 Å². The van der Waals surface area contributed by atoms with Gasteiger partial charge in [-0.25, -0.2) is 9.97 Å². The lowest BCUT2D eigenvalue weighted by molar-refractivity contribution is 0.375. The van der Waals surface area contributed by atoms with Crippen molar-refractivity contribution in [2.24, 2.45) is 5.73 Å². The largest absolute Gasteiger partial charge is 0.339 e. The van der Waals surface area contributed by atoms with E-state index in [-0.39, 0.29) is 0 Å². The van der Waals surface area contributed by atoms with E-state index in [4.69, 9.17) is 10.3 Å². The van der Waals surface area contributed by atoms with Crippen molar-refractivity contribution in [1.29, 1.82) is 0 Å². The summed E-state index contributed by atoms with van der Waals surface area (Å²) < 4.78 is 5.11. The highest BCUT2D eigenvalue weighted by atomic mass is 16.5. The number of nitrogens with zero attached hydrogens (tertiary/aromatic N) is 4. The summed E-state index contributed by atoms with van der Waals surface area (Å²) in [5.74, 6) is 1.54. The van der Waals surface area contributed by atoms with Crippen molar-refractivity contribution in [3.8, 4) is 11.6 Å². The van der Waals surface area contributed by atoms with Crippen LogP contribution in [0.2, 0.25) is 0 Å². The van der Waals surface area contributed by atoms with Crippen LogP contribution in [0.3, 0.4) is 0 Å². The summed E-state index contributed by atoms with van der Waals surface area (Å²) in [6, 6.07) is 0. The lowest BCUT2D eigenvalue weighted by atomic mass is 10.2. The van der Waals surface area contributed by atoms with E-state index in [0.717, 1.165) is 24.8 Å². The molecule has 0 radical (unpaired) electrons. The molecule has 0 atom stereocenters. The molecular weight excluding hydrogens is 218 g/mol. The Balaban J connectivity index is 2.04. The number of rotatable bonds is 5. The molecular formula is C11H15N5O. The second kappa shape index (κ2) is 5.49. The number of aryl methyl sites for hydroxylation is 2. The molecule has 0 aliphatic rings. The van der Waals surface area contributed by atoms with E-state index in [1.54, 1.807) is 12.4 Å². The molecule has 0 saturated carbocycles. The molecule has 2 N–H and O–H groups in total. The fourth-order valence-corrected chi connectivity index (χ4v) is 1.38. The molecule has 0 unspecified atom stereocenters. The van der Waals surface area contributed by atoms with Gasteiger partial charge in [0.1, 0.15) is 0 Å². The van der Waals surface area contributed by atoms with Crippen molar-refractivity contribution in [2.45, 2.75) is 26.2 Å². The van der Waals surface area contributed by atoms with E-state index in [1.807, 2.05) is 6.92 Å².